The average Bonchev–Trinajstić information content (AvgIpc) is 2.69. The first-order valence-electron chi connectivity index (χ1n) is 9.03. The number of carbonyl (C=O) groups is 2. The molecule has 2 aromatic rings. The normalized spacial score (nSPS) is 11.6. The Morgan fingerprint density at radius 2 is 1.87 bits per heavy atom. The van der Waals surface area contributed by atoms with E-state index in [4.69, 9.17) is 16.3 Å². The smallest absolute Gasteiger partial charge is 0.260 e. The highest BCUT2D eigenvalue weighted by Gasteiger charge is 2.24. The molecule has 0 fully saturated rings. The van der Waals surface area contributed by atoms with E-state index in [-0.39, 0.29) is 22.4 Å². The number of hydrogen-bond donors (Lipinski definition) is 2. The van der Waals surface area contributed by atoms with Crippen LogP contribution >= 0.6 is 11.6 Å². The lowest BCUT2D eigenvalue weighted by Crippen LogP contribution is -2.39. The van der Waals surface area contributed by atoms with Crippen LogP contribution in [0.4, 0.5) is 11.4 Å². The molecule has 0 saturated carbocycles. The second-order valence-corrected chi connectivity index (χ2v) is 8.92. The summed E-state index contributed by atoms with van der Waals surface area (Å²) in [6.45, 7) is 2.54. The van der Waals surface area contributed by atoms with Crippen LogP contribution in [0, 0.1) is 0 Å². The molecule has 2 N–H and O–H groups in total. The number of nitrogens with zero attached hydrogens (tertiary/aromatic N) is 2. The average molecular weight is 467 g/mol. The number of benzene rings is 2. The van der Waals surface area contributed by atoms with Gasteiger partial charge in [-0.05, 0) is 42.8 Å². The second-order valence-electron chi connectivity index (χ2n) is 6.58. The van der Waals surface area contributed by atoms with Crippen LogP contribution in [0.3, 0.4) is 0 Å². The molecule has 0 aliphatic heterocycles. The quantitative estimate of drug-likeness (QED) is 0.458. The number of hydrazone groups is 1. The van der Waals surface area contributed by atoms with Gasteiger partial charge in [-0.2, -0.15) is 5.10 Å². The molecule has 2 aromatic carbocycles. The number of amides is 2. The zero-order chi connectivity index (χ0) is 23.2. The minimum atomic E-state index is -3.83. The van der Waals surface area contributed by atoms with Gasteiger partial charge in [0.1, 0.15) is 12.3 Å². The summed E-state index contributed by atoms with van der Waals surface area (Å²) in [5.41, 5.74) is 4.20. The lowest BCUT2D eigenvalue weighted by Gasteiger charge is -2.23. The number of anilines is 2. The maximum atomic E-state index is 12.5. The van der Waals surface area contributed by atoms with E-state index in [9.17, 15) is 18.0 Å². The highest BCUT2D eigenvalue weighted by Crippen LogP contribution is 2.32. The van der Waals surface area contributed by atoms with Crippen molar-refractivity contribution >= 4 is 50.5 Å². The summed E-state index contributed by atoms with van der Waals surface area (Å²) in [5, 5.41) is 6.98. The Morgan fingerprint density at radius 3 is 2.48 bits per heavy atom. The highest BCUT2D eigenvalue weighted by molar-refractivity contribution is 7.92. The lowest BCUT2D eigenvalue weighted by molar-refractivity contribution is -0.119. The molecule has 166 valence electrons. The molecule has 0 aliphatic rings. The van der Waals surface area contributed by atoms with Crippen LogP contribution in [0.25, 0.3) is 0 Å². The lowest BCUT2D eigenvalue weighted by atomic mass is 10.1. The zero-order valence-electron chi connectivity index (χ0n) is 17.5. The van der Waals surface area contributed by atoms with E-state index in [2.05, 4.69) is 15.8 Å². The van der Waals surface area contributed by atoms with Crippen LogP contribution < -0.4 is 19.8 Å². The molecule has 0 radical (unpaired) electrons. The van der Waals surface area contributed by atoms with E-state index in [1.165, 1.54) is 26.2 Å². The third kappa shape index (κ3) is 6.97. The van der Waals surface area contributed by atoms with E-state index in [1.807, 2.05) is 0 Å². The first kappa shape index (κ1) is 24.2. The van der Waals surface area contributed by atoms with Crippen molar-refractivity contribution in [2.24, 2.45) is 5.10 Å². The van der Waals surface area contributed by atoms with Crippen LogP contribution in [-0.2, 0) is 19.6 Å². The monoisotopic (exact) mass is 466 g/mol. The molecular formula is C20H23ClN4O5S. The van der Waals surface area contributed by atoms with Crippen molar-refractivity contribution in [3.63, 3.8) is 0 Å². The zero-order valence-corrected chi connectivity index (χ0v) is 19.0. The standard InChI is InChI=1S/C20H23ClN4O5S/c1-13(15-6-5-7-17(10-15)22-14(2)26)23-24-20(27)12-25(31(4,28)29)18-11-16(21)8-9-19(18)30-3/h5-11H,12H2,1-4H3,(H,22,26)(H,24,27)/b23-13-. The number of sulfonamides is 1. The Hall–Kier alpha value is -3.11. The van der Waals surface area contributed by atoms with E-state index < -0.39 is 22.5 Å². The Bertz CT molecular complexity index is 1120. The largest absolute Gasteiger partial charge is 0.495 e. The van der Waals surface area contributed by atoms with Crippen LogP contribution in [-0.4, -0.2) is 45.9 Å². The maximum Gasteiger partial charge on any atom is 0.260 e. The van der Waals surface area contributed by atoms with Gasteiger partial charge in [-0.25, -0.2) is 13.8 Å². The fourth-order valence-corrected chi connectivity index (χ4v) is 3.66. The Labute approximate surface area is 186 Å². The van der Waals surface area contributed by atoms with Gasteiger partial charge in [-0.3, -0.25) is 13.9 Å². The first-order valence-corrected chi connectivity index (χ1v) is 11.3. The van der Waals surface area contributed by atoms with Crippen LogP contribution in [0.2, 0.25) is 5.02 Å². The number of rotatable bonds is 8. The minimum absolute atomic E-state index is 0.136. The fourth-order valence-electron chi connectivity index (χ4n) is 2.64. The summed E-state index contributed by atoms with van der Waals surface area (Å²) in [5.74, 6) is -0.626. The molecule has 0 bridgehead atoms. The second kappa shape index (κ2) is 10.3. The molecule has 11 heteroatoms. The molecule has 0 heterocycles. The van der Waals surface area contributed by atoms with E-state index in [0.717, 1.165) is 10.6 Å². The summed E-state index contributed by atoms with van der Waals surface area (Å²) in [7, 11) is -2.44. The van der Waals surface area contributed by atoms with Crippen LogP contribution in [0.5, 0.6) is 5.75 Å². The highest BCUT2D eigenvalue weighted by atomic mass is 35.5. The van der Waals surface area contributed by atoms with Gasteiger partial charge in [0.2, 0.25) is 15.9 Å². The van der Waals surface area contributed by atoms with Gasteiger partial charge >= 0.3 is 0 Å². The van der Waals surface area contributed by atoms with E-state index in [0.29, 0.717) is 17.0 Å². The summed E-state index contributed by atoms with van der Waals surface area (Å²) in [6, 6.07) is 11.4. The molecule has 0 aromatic heterocycles. The Balaban J connectivity index is 2.21. The summed E-state index contributed by atoms with van der Waals surface area (Å²) in [6.07, 6.45) is 0.975. The van der Waals surface area contributed by atoms with E-state index >= 15 is 0 Å². The van der Waals surface area contributed by atoms with Crippen molar-refractivity contribution in [1.29, 1.82) is 0 Å². The summed E-state index contributed by atoms with van der Waals surface area (Å²) >= 11 is 5.99. The molecular weight excluding hydrogens is 444 g/mol. The SMILES string of the molecule is COc1ccc(Cl)cc1N(CC(=O)N/N=C(/C)c1cccc(NC(C)=O)c1)S(C)(=O)=O. The fraction of sp³-hybridized carbons (Fsp3) is 0.250. The topological polar surface area (TPSA) is 117 Å². The van der Waals surface area contributed by atoms with Crippen molar-refractivity contribution in [2.75, 3.05) is 29.5 Å². The van der Waals surface area contributed by atoms with Gasteiger partial charge in [0.15, 0.2) is 0 Å². The van der Waals surface area contributed by atoms with Crippen molar-refractivity contribution in [3.05, 3.63) is 53.1 Å². The number of carbonyl (C=O) groups excluding carboxylic acids is 2. The predicted molar refractivity (Wildman–Crippen MR) is 121 cm³/mol. The van der Waals surface area contributed by atoms with Gasteiger partial charge in [0.25, 0.3) is 5.91 Å². The van der Waals surface area contributed by atoms with Gasteiger partial charge in [-0.1, -0.05) is 23.7 Å². The van der Waals surface area contributed by atoms with Gasteiger partial charge in [0.05, 0.1) is 24.8 Å². The molecule has 0 aliphatic carbocycles. The van der Waals surface area contributed by atoms with E-state index in [1.54, 1.807) is 37.3 Å². The molecule has 2 amide bonds. The van der Waals surface area contributed by atoms with Gasteiger partial charge in [-0.15, -0.1) is 0 Å². The number of methoxy groups -OCH3 is 1. The molecule has 0 atom stereocenters. The van der Waals surface area contributed by atoms with Crippen molar-refractivity contribution in [3.8, 4) is 5.75 Å². The third-order valence-corrected chi connectivity index (χ3v) is 5.41. The maximum absolute atomic E-state index is 12.5. The van der Waals surface area contributed by atoms with Crippen molar-refractivity contribution in [1.82, 2.24) is 5.43 Å². The molecule has 2 rings (SSSR count). The number of ether oxygens (including phenoxy) is 1. The molecule has 0 saturated heterocycles. The predicted octanol–water partition coefficient (Wildman–Crippen LogP) is 2.61. The Morgan fingerprint density at radius 1 is 1.16 bits per heavy atom. The van der Waals surface area contributed by atoms with Gasteiger partial charge in [0, 0.05) is 17.6 Å². The van der Waals surface area contributed by atoms with Crippen molar-refractivity contribution < 1.29 is 22.7 Å². The molecule has 31 heavy (non-hydrogen) atoms. The minimum Gasteiger partial charge on any atom is -0.495 e. The number of hydrogen-bond acceptors (Lipinski definition) is 6. The third-order valence-electron chi connectivity index (χ3n) is 4.05. The first-order chi connectivity index (χ1) is 14.5. The molecule has 0 unspecified atom stereocenters. The van der Waals surface area contributed by atoms with Crippen molar-refractivity contribution in [2.45, 2.75) is 13.8 Å². The summed E-state index contributed by atoms with van der Waals surface area (Å²) in [4.78, 5) is 23.7. The number of halogens is 1. The van der Waals surface area contributed by atoms with Crippen LogP contribution in [0.15, 0.2) is 47.6 Å². The molecule has 9 nitrogen and oxygen atoms in total. The van der Waals surface area contributed by atoms with Gasteiger partial charge < -0.3 is 10.1 Å². The number of nitrogens with one attached hydrogen (secondary N) is 2. The summed E-state index contributed by atoms with van der Waals surface area (Å²) < 4.78 is 30.7. The Kier molecular flexibility index (Phi) is 8.01. The van der Waals surface area contributed by atoms with Crippen LogP contribution in [0.1, 0.15) is 19.4 Å². The molecule has 0 spiro atoms.